The van der Waals surface area contributed by atoms with Gasteiger partial charge in [-0.15, -0.1) is 0 Å². The topological polar surface area (TPSA) is 67.4 Å². The third kappa shape index (κ3) is 4.62. The third-order valence-corrected chi connectivity index (χ3v) is 3.52. The van der Waals surface area contributed by atoms with E-state index in [-0.39, 0.29) is 36.3 Å². The molecule has 1 aromatic rings. The van der Waals surface area contributed by atoms with E-state index in [4.69, 9.17) is 4.74 Å². The predicted molar refractivity (Wildman–Crippen MR) is 80.2 cm³/mol. The van der Waals surface area contributed by atoms with E-state index in [9.17, 15) is 22.8 Å². The maximum absolute atomic E-state index is 13.2. The molecule has 0 aliphatic carbocycles. The molecule has 2 rings (SSSR count). The fourth-order valence-corrected chi connectivity index (χ4v) is 2.44. The van der Waals surface area contributed by atoms with Crippen LogP contribution < -0.4 is 15.4 Å². The number of benzene rings is 1. The van der Waals surface area contributed by atoms with E-state index in [0.29, 0.717) is 6.42 Å². The number of halogens is 3. The first-order chi connectivity index (χ1) is 11.2. The van der Waals surface area contributed by atoms with Gasteiger partial charge in [0.25, 0.3) is 0 Å². The lowest BCUT2D eigenvalue weighted by Gasteiger charge is -2.17. The van der Waals surface area contributed by atoms with Crippen molar-refractivity contribution in [2.45, 2.75) is 51.6 Å². The average molecular weight is 344 g/mol. The van der Waals surface area contributed by atoms with Gasteiger partial charge >= 0.3 is 6.18 Å². The van der Waals surface area contributed by atoms with Crippen molar-refractivity contribution in [3.63, 3.8) is 0 Å². The first-order valence-electron chi connectivity index (χ1n) is 7.60. The molecule has 132 valence electrons. The molecule has 1 aliphatic heterocycles. The van der Waals surface area contributed by atoms with Crippen LogP contribution in [0, 0.1) is 0 Å². The van der Waals surface area contributed by atoms with Gasteiger partial charge in [0.15, 0.2) is 0 Å². The number of hydrogen-bond acceptors (Lipinski definition) is 3. The molecule has 1 fully saturated rings. The van der Waals surface area contributed by atoms with E-state index in [1.165, 1.54) is 12.1 Å². The van der Waals surface area contributed by atoms with E-state index < -0.39 is 23.7 Å². The number of ether oxygens (including phenoxy) is 1. The van der Waals surface area contributed by atoms with Gasteiger partial charge in [0.05, 0.1) is 11.7 Å². The smallest absolute Gasteiger partial charge is 0.416 e. The summed E-state index contributed by atoms with van der Waals surface area (Å²) in [7, 11) is 0. The highest BCUT2D eigenvalue weighted by molar-refractivity contribution is 5.90. The van der Waals surface area contributed by atoms with Crippen LogP contribution in [0.15, 0.2) is 18.2 Å². The SMILES string of the molecule is CC(C)Oc1ccc(CNC(=O)C2CCC(=O)N2)c(C(F)(F)F)c1. The Morgan fingerprint density at radius 3 is 2.67 bits per heavy atom. The minimum atomic E-state index is -4.56. The molecule has 2 amide bonds. The lowest BCUT2D eigenvalue weighted by atomic mass is 10.1. The first kappa shape index (κ1) is 18.1. The Kier molecular flexibility index (Phi) is 5.36. The fraction of sp³-hybridized carbons (Fsp3) is 0.500. The molecule has 0 bridgehead atoms. The van der Waals surface area contributed by atoms with Gasteiger partial charge in [-0.25, -0.2) is 0 Å². The maximum Gasteiger partial charge on any atom is 0.416 e. The summed E-state index contributed by atoms with van der Waals surface area (Å²) >= 11 is 0. The Labute approximate surface area is 137 Å². The summed E-state index contributed by atoms with van der Waals surface area (Å²) in [5.41, 5.74) is -0.910. The molecule has 1 unspecified atom stereocenters. The second-order valence-electron chi connectivity index (χ2n) is 5.86. The molecule has 24 heavy (non-hydrogen) atoms. The van der Waals surface area contributed by atoms with Crippen LogP contribution in [0.25, 0.3) is 0 Å². The zero-order chi connectivity index (χ0) is 17.9. The Morgan fingerprint density at radius 2 is 2.12 bits per heavy atom. The second-order valence-corrected chi connectivity index (χ2v) is 5.86. The number of carbonyl (C=O) groups excluding carboxylic acids is 2. The average Bonchev–Trinajstić information content (AvgIpc) is 2.90. The van der Waals surface area contributed by atoms with Gasteiger partial charge in [-0.2, -0.15) is 13.2 Å². The van der Waals surface area contributed by atoms with Crippen LogP contribution in [0.1, 0.15) is 37.8 Å². The van der Waals surface area contributed by atoms with E-state index in [1.807, 2.05) is 0 Å². The van der Waals surface area contributed by atoms with E-state index in [2.05, 4.69) is 10.6 Å². The minimum Gasteiger partial charge on any atom is -0.491 e. The van der Waals surface area contributed by atoms with Crippen molar-refractivity contribution in [1.29, 1.82) is 0 Å². The summed E-state index contributed by atoms with van der Waals surface area (Å²) < 4.78 is 44.9. The Morgan fingerprint density at radius 1 is 1.42 bits per heavy atom. The summed E-state index contributed by atoms with van der Waals surface area (Å²) in [6, 6.07) is 2.97. The molecule has 0 aromatic heterocycles. The number of nitrogens with one attached hydrogen (secondary N) is 2. The molecule has 8 heteroatoms. The molecule has 0 spiro atoms. The molecular formula is C16H19F3N2O3. The quantitative estimate of drug-likeness (QED) is 0.862. The number of hydrogen-bond donors (Lipinski definition) is 2. The number of alkyl halides is 3. The van der Waals surface area contributed by atoms with Crippen LogP contribution in [0.5, 0.6) is 5.75 Å². The summed E-state index contributed by atoms with van der Waals surface area (Å²) in [5, 5.41) is 4.91. The van der Waals surface area contributed by atoms with Gasteiger partial charge in [0.2, 0.25) is 11.8 Å². The number of carbonyl (C=O) groups is 2. The monoisotopic (exact) mass is 344 g/mol. The van der Waals surface area contributed by atoms with Crippen molar-refractivity contribution in [2.24, 2.45) is 0 Å². The number of rotatable bonds is 5. The minimum absolute atomic E-state index is 0.0590. The van der Waals surface area contributed by atoms with Crippen molar-refractivity contribution in [3.8, 4) is 5.75 Å². The highest BCUT2D eigenvalue weighted by atomic mass is 19.4. The highest BCUT2D eigenvalue weighted by Crippen LogP contribution is 2.34. The van der Waals surface area contributed by atoms with Gasteiger partial charge in [0, 0.05) is 13.0 Å². The molecule has 2 N–H and O–H groups in total. The zero-order valence-electron chi connectivity index (χ0n) is 13.4. The van der Waals surface area contributed by atoms with Gasteiger partial charge < -0.3 is 15.4 Å². The molecule has 1 heterocycles. The molecular weight excluding hydrogens is 325 g/mol. The third-order valence-electron chi connectivity index (χ3n) is 3.52. The van der Waals surface area contributed by atoms with Gasteiger partial charge in [-0.3, -0.25) is 9.59 Å². The normalized spacial score (nSPS) is 17.8. The fourth-order valence-electron chi connectivity index (χ4n) is 2.44. The molecule has 5 nitrogen and oxygen atoms in total. The van der Waals surface area contributed by atoms with Crippen LogP contribution in [-0.2, 0) is 22.3 Å². The van der Waals surface area contributed by atoms with Crippen LogP contribution >= 0.6 is 0 Å². The summed E-state index contributed by atoms with van der Waals surface area (Å²) in [5.74, 6) is -0.603. The largest absolute Gasteiger partial charge is 0.491 e. The van der Waals surface area contributed by atoms with Gasteiger partial charge in [-0.1, -0.05) is 6.07 Å². The summed E-state index contributed by atoms with van der Waals surface area (Å²) in [4.78, 5) is 23.0. The summed E-state index contributed by atoms with van der Waals surface area (Å²) in [6.45, 7) is 3.16. The first-order valence-corrected chi connectivity index (χ1v) is 7.60. The Hall–Kier alpha value is -2.25. The molecule has 1 aliphatic rings. The van der Waals surface area contributed by atoms with Crippen molar-refractivity contribution in [1.82, 2.24) is 10.6 Å². The highest BCUT2D eigenvalue weighted by Gasteiger charge is 2.34. The van der Waals surface area contributed by atoms with Crippen LogP contribution in [0.3, 0.4) is 0 Å². The summed E-state index contributed by atoms with van der Waals surface area (Å²) in [6.07, 6.45) is -4.22. The van der Waals surface area contributed by atoms with Crippen LogP contribution in [0.4, 0.5) is 13.2 Å². The molecule has 0 saturated carbocycles. The second kappa shape index (κ2) is 7.11. The van der Waals surface area contributed by atoms with Crippen LogP contribution in [0.2, 0.25) is 0 Å². The van der Waals surface area contributed by atoms with Gasteiger partial charge in [-0.05, 0) is 38.0 Å². The van der Waals surface area contributed by atoms with Crippen molar-refractivity contribution < 1.29 is 27.5 Å². The predicted octanol–water partition coefficient (Wildman–Crippen LogP) is 2.39. The number of amides is 2. The zero-order valence-corrected chi connectivity index (χ0v) is 13.4. The van der Waals surface area contributed by atoms with Crippen molar-refractivity contribution >= 4 is 11.8 Å². The lowest BCUT2D eigenvalue weighted by molar-refractivity contribution is -0.138. The Bertz CT molecular complexity index is 629. The van der Waals surface area contributed by atoms with E-state index in [0.717, 1.165) is 6.07 Å². The standard InChI is InChI=1S/C16H19F3N2O3/c1-9(2)24-11-4-3-10(12(7-11)16(17,18)19)8-20-15(23)13-5-6-14(22)21-13/h3-4,7,9,13H,5-6,8H2,1-2H3,(H,20,23)(H,21,22). The molecule has 0 radical (unpaired) electrons. The molecule has 1 aromatic carbocycles. The van der Waals surface area contributed by atoms with E-state index in [1.54, 1.807) is 13.8 Å². The van der Waals surface area contributed by atoms with Crippen molar-refractivity contribution in [2.75, 3.05) is 0 Å². The maximum atomic E-state index is 13.2. The molecule has 1 atom stereocenters. The van der Waals surface area contributed by atoms with E-state index >= 15 is 0 Å². The van der Waals surface area contributed by atoms with Gasteiger partial charge in [0.1, 0.15) is 11.8 Å². The van der Waals surface area contributed by atoms with Crippen LogP contribution in [-0.4, -0.2) is 24.0 Å². The Balaban J connectivity index is 2.11. The molecule has 1 saturated heterocycles. The lowest BCUT2D eigenvalue weighted by Crippen LogP contribution is -2.41. The van der Waals surface area contributed by atoms with Crippen molar-refractivity contribution in [3.05, 3.63) is 29.3 Å².